The van der Waals surface area contributed by atoms with Gasteiger partial charge in [-0.3, -0.25) is 0 Å². The van der Waals surface area contributed by atoms with Crippen molar-refractivity contribution in [1.82, 2.24) is 0 Å². The largest absolute Gasteiger partial charge is 0.0657 e. The van der Waals surface area contributed by atoms with Crippen LogP contribution in [0.5, 0.6) is 0 Å². The first kappa shape index (κ1) is 11.2. The lowest BCUT2D eigenvalue weighted by molar-refractivity contribution is 0.268. The van der Waals surface area contributed by atoms with Crippen LogP contribution in [0.4, 0.5) is 0 Å². The molecule has 0 aromatic carbocycles. The Bertz CT molecular complexity index is 87.0. The first-order valence-electron chi connectivity index (χ1n) is 4.78. The summed E-state index contributed by atoms with van der Waals surface area (Å²) >= 11 is 0. The molecule has 0 amide bonds. The van der Waals surface area contributed by atoms with E-state index in [-0.39, 0.29) is 0 Å². The molecule has 0 N–H and O–H groups in total. The smallest absolute Gasteiger partial charge is 0.0118 e. The molecule has 0 aliphatic carbocycles. The maximum atomic E-state index is 2.34. The van der Waals surface area contributed by atoms with Gasteiger partial charge in [0.2, 0.25) is 0 Å². The highest BCUT2D eigenvalue weighted by Crippen LogP contribution is 2.28. The minimum Gasteiger partial charge on any atom is -0.0657 e. The Morgan fingerprint density at radius 3 is 1.36 bits per heavy atom. The molecule has 1 unspecified atom stereocenters. The lowest BCUT2D eigenvalue weighted by Gasteiger charge is -2.26. The van der Waals surface area contributed by atoms with Crippen LogP contribution in [0.2, 0.25) is 5.54 Å². The molecule has 0 nitrogen and oxygen atoms in total. The third-order valence-electron chi connectivity index (χ3n) is 2.39. The number of hydrogen-bond acceptors (Lipinski definition) is 0. The molecule has 0 fully saturated rings. The highest BCUT2D eigenvalue weighted by molar-refractivity contribution is 6.11. The van der Waals surface area contributed by atoms with Gasteiger partial charge in [0.05, 0.1) is 0 Å². The molecule has 0 aliphatic rings. The van der Waals surface area contributed by atoms with Crippen molar-refractivity contribution in [2.24, 2.45) is 17.8 Å². The molecule has 0 bridgehead atoms. The predicted octanol–water partition coefficient (Wildman–Crippen LogP) is 2.75. The molecular weight excluding hydrogens is 148 g/mol. The third-order valence-corrected chi connectivity index (χ3v) is 2.72. The standard InChI is InChI=1S/C10H23Si/c1-7(2)10(8(3)4)6-9(5)11/h7-10H,6,11H2,1-5H3. The van der Waals surface area contributed by atoms with Gasteiger partial charge in [-0.1, -0.05) is 46.6 Å². The molecular formula is C10H23Si. The van der Waals surface area contributed by atoms with Crippen LogP contribution in [-0.4, -0.2) is 10.2 Å². The van der Waals surface area contributed by atoms with Crippen molar-refractivity contribution >= 4 is 10.2 Å². The molecule has 0 heterocycles. The van der Waals surface area contributed by atoms with E-state index in [1.807, 2.05) is 0 Å². The Morgan fingerprint density at radius 2 is 1.27 bits per heavy atom. The van der Waals surface area contributed by atoms with Gasteiger partial charge in [-0.25, -0.2) is 0 Å². The van der Waals surface area contributed by atoms with Crippen LogP contribution in [0, 0.1) is 17.8 Å². The summed E-state index contributed by atoms with van der Waals surface area (Å²) in [5, 5.41) is 0. The van der Waals surface area contributed by atoms with E-state index in [4.69, 9.17) is 0 Å². The summed E-state index contributed by atoms with van der Waals surface area (Å²) in [5.74, 6) is 2.62. The van der Waals surface area contributed by atoms with Gasteiger partial charge in [0.1, 0.15) is 0 Å². The van der Waals surface area contributed by atoms with E-state index >= 15 is 0 Å². The number of hydrogen-bond donors (Lipinski definition) is 0. The molecule has 0 aromatic rings. The predicted molar refractivity (Wildman–Crippen MR) is 55.8 cm³/mol. The van der Waals surface area contributed by atoms with E-state index in [2.05, 4.69) is 44.9 Å². The summed E-state index contributed by atoms with van der Waals surface area (Å²) in [6.07, 6.45) is 1.40. The SMILES string of the molecule is CC([SiH2])CC(C(C)C)C(C)C. The van der Waals surface area contributed by atoms with Crippen LogP contribution in [0.3, 0.4) is 0 Å². The molecule has 0 rings (SSSR count). The van der Waals surface area contributed by atoms with Crippen LogP contribution >= 0.6 is 0 Å². The molecule has 1 heteroatoms. The Hall–Kier alpha value is 0.217. The Morgan fingerprint density at radius 1 is 0.909 bits per heavy atom. The van der Waals surface area contributed by atoms with Crippen molar-refractivity contribution in [2.45, 2.75) is 46.6 Å². The van der Waals surface area contributed by atoms with Gasteiger partial charge in [0.15, 0.2) is 0 Å². The van der Waals surface area contributed by atoms with E-state index in [1.165, 1.54) is 6.42 Å². The fourth-order valence-corrected chi connectivity index (χ4v) is 2.16. The molecule has 0 saturated heterocycles. The number of rotatable bonds is 4. The van der Waals surface area contributed by atoms with Gasteiger partial charge in [0.25, 0.3) is 0 Å². The molecule has 67 valence electrons. The Balaban J connectivity index is 3.90. The zero-order valence-corrected chi connectivity index (χ0v) is 10.1. The van der Waals surface area contributed by atoms with Crippen molar-refractivity contribution in [3.63, 3.8) is 0 Å². The topological polar surface area (TPSA) is 0 Å². The average Bonchev–Trinajstić information content (AvgIpc) is 1.81. The molecule has 1 radical (unpaired) electrons. The highest BCUT2D eigenvalue weighted by Gasteiger charge is 2.17. The third kappa shape index (κ3) is 4.62. The van der Waals surface area contributed by atoms with Crippen molar-refractivity contribution in [1.29, 1.82) is 0 Å². The van der Waals surface area contributed by atoms with Crippen LogP contribution in [0.1, 0.15) is 41.0 Å². The second-order valence-electron chi connectivity index (χ2n) is 4.49. The lowest BCUT2D eigenvalue weighted by atomic mass is 9.82. The van der Waals surface area contributed by atoms with E-state index in [0.717, 1.165) is 23.3 Å². The molecule has 11 heavy (non-hydrogen) atoms. The van der Waals surface area contributed by atoms with Gasteiger partial charge in [0, 0.05) is 10.2 Å². The van der Waals surface area contributed by atoms with Crippen LogP contribution < -0.4 is 0 Å². The van der Waals surface area contributed by atoms with Crippen LogP contribution in [0.25, 0.3) is 0 Å². The van der Waals surface area contributed by atoms with Crippen molar-refractivity contribution in [2.75, 3.05) is 0 Å². The Labute approximate surface area is 75.2 Å². The van der Waals surface area contributed by atoms with Gasteiger partial charge in [-0.15, -0.1) is 0 Å². The summed E-state index contributed by atoms with van der Waals surface area (Å²) in [7, 11) is 2.13. The first-order valence-corrected chi connectivity index (χ1v) is 5.59. The van der Waals surface area contributed by atoms with E-state index < -0.39 is 0 Å². The molecule has 0 spiro atoms. The summed E-state index contributed by atoms with van der Waals surface area (Å²) in [5.41, 5.74) is 0.879. The zero-order chi connectivity index (χ0) is 9.02. The fraction of sp³-hybridized carbons (Fsp3) is 1.00. The van der Waals surface area contributed by atoms with Crippen molar-refractivity contribution in [3.8, 4) is 0 Å². The molecule has 0 aliphatic heterocycles. The minimum atomic E-state index is 0.849. The average molecular weight is 171 g/mol. The molecule has 0 saturated carbocycles. The van der Waals surface area contributed by atoms with Gasteiger partial charge < -0.3 is 0 Å². The normalized spacial score (nSPS) is 15.0. The van der Waals surface area contributed by atoms with Gasteiger partial charge >= 0.3 is 0 Å². The lowest BCUT2D eigenvalue weighted by Crippen LogP contribution is -2.17. The van der Waals surface area contributed by atoms with E-state index in [0.29, 0.717) is 0 Å². The van der Waals surface area contributed by atoms with E-state index in [1.54, 1.807) is 0 Å². The maximum absolute atomic E-state index is 2.34. The highest BCUT2D eigenvalue weighted by atomic mass is 28.1. The van der Waals surface area contributed by atoms with E-state index in [9.17, 15) is 0 Å². The second kappa shape index (κ2) is 4.97. The van der Waals surface area contributed by atoms with Crippen molar-refractivity contribution < 1.29 is 0 Å². The van der Waals surface area contributed by atoms with Crippen LogP contribution in [0.15, 0.2) is 0 Å². The van der Waals surface area contributed by atoms with Crippen molar-refractivity contribution in [3.05, 3.63) is 0 Å². The summed E-state index contributed by atoms with van der Waals surface area (Å²) < 4.78 is 0. The zero-order valence-electron chi connectivity index (χ0n) is 8.72. The summed E-state index contributed by atoms with van der Waals surface area (Å²) in [4.78, 5) is 0. The second-order valence-corrected chi connectivity index (χ2v) is 5.89. The fourth-order valence-electron chi connectivity index (χ4n) is 1.78. The Kier molecular flexibility index (Phi) is 5.07. The summed E-state index contributed by atoms with van der Waals surface area (Å²) in [6.45, 7) is 11.7. The van der Waals surface area contributed by atoms with Gasteiger partial charge in [-0.2, -0.15) is 0 Å². The van der Waals surface area contributed by atoms with Gasteiger partial charge in [-0.05, 0) is 17.8 Å². The molecule has 0 aromatic heterocycles. The summed E-state index contributed by atoms with van der Waals surface area (Å²) in [6, 6.07) is 0. The van der Waals surface area contributed by atoms with Crippen LogP contribution in [-0.2, 0) is 0 Å². The quantitative estimate of drug-likeness (QED) is 0.571. The monoisotopic (exact) mass is 171 g/mol. The maximum Gasteiger partial charge on any atom is 0.0118 e. The minimum absolute atomic E-state index is 0.849. The first-order chi connectivity index (χ1) is 4.95. The molecule has 1 atom stereocenters.